The summed E-state index contributed by atoms with van der Waals surface area (Å²) in [5.74, 6) is -0.857. The fourth-order valence-electron chi connectivity index (χ4n) is 10.8. The molecule has 0 saturated carbocycles. The van der Waals surface area contributed by atoms with Crippen molar-refractivity contribution in [2.24, 2.45) is 0 Å². The number of esters is 3. The Labute approximate surface area is 516 Å². The van der Waals surface area contributed by atoms with Gasteiger partial charge in [0.25, 0.3) is 0 Å². The van der Waals surface area contributed by atoms with Gasteiger partial charge in [0.05, 0.1) is 0 Å². The Hall–Kier alpha value is -3.15. The van der Waals surface area contributed by atoms with Crippen molar-refractivity contribution < 1.29 is 28.6 Å². The van der Waals surface area contributed by atoms with Crippen LogP contribution in [0.25, 0.3) is 0 Å². The maximum absolute atomic E-state index is 13.0. The topological polar surface area (TPSA) is 78.9 Å². The quantitative estimate of drug-likeness (QED) is 0.0261. The molecule has 83 heavy (non-hydrogen) atoms. The summed E-state index contributed by atoms with van der Waals surface area (Å²) < 4.78 is 17.0. The largest absolute Gasteiger partial charge is 0.462 e. The van der Waals surface area contributed by atoms with Gasteiger partial charge in [-0.15, -0.1) is 0 Å². The van der Waals surface area contributed by atoms with Crippen LogP contribution >= 0.6 is 0 Å². The minimum atomic E-state index is -0.777. The SMILES string of the molecule is CC/C=C\C/C=C\C/C=C\C/C=C\C/C=C\C/C=C\CCCCCCCCCCC(=O)OCC(COC(=O)CCCCCCCCCCCCCC)OC(=O)CCCCCCCCCCCCCCCCCCCCCCCCCCCC. The van der Waals surface area contributed by atoms with Gasteiger partial charge in [-0.2, -0.15) is 0 Å². The van der Waals surface area contributed by atoms with Crippen LogP contribution in [0.5, 0.6) is 0 Å². The van der Waals surface area contributed by atoms with E-state index in [1.807, 2.05) is 0 Å². The van der Waals surface area contributed by atoms with Crippen LogP contribution in [0.1, 0.15) is 380 Å². The van der Waals surface area contributed by atoms with Crippen LogP contribution in [0.4, 0.5) is 0 Å². The highest BCUT2D eigenvalue weighted by molar-refractivity contribution is 5.71. The molecule has 1 unspecified atom stereocenters. The average Bonchev–Trinajstić information content (AvgIpc) is 3.49. The molecular formula is C77H138O6. The first kappa shape index (κ1) is 79.8. The minimum absolute atomic E-state index is 0.0724. The third kappa shape index (κ3) is 69.5. The number of allylic oxidation sites excluding steroid dienone is 12. The number of carbonyl (C=O) groups is 3. The van der Waals surface area contributed by atoms with Crippen molar-refractivity contribution in [3.63, 3.8) is 0 Å². The lowest BCUT2D eigenvalue weighted by Gasteiger charge is -2.18. The van der Waals surface area contributed by atoms with Gasteiger partial charge in [0.2, 0.25) is 0 Å². The predicted molar refractivity (Wildman–Crippen MR) is 362 cm³/mol. The lowest BCUT2D eigenvalue weighted by atomic mass is 10.0. The van der Waals surface area contributed by atoms with E-state index in [2.05, 4.69) is 93.7 Å². The molecule has 0 aromatic heterocycles. The maximum Gasteiger partial charge on any atom is 0.306 e. The monoisotopic (exact) mass is 1160 g/mol. The second-order valence-corrected chi connectivity index (χ2v) is 24.5. The van der Waals surface area contributed by atoms with E-state index in [0.29, 0.717) is 19.3 Å². The van der Waals surface area contributed by atoms with Crippen molar-refractivity contribution in [1.29, 1.82) is 0 Å². The van der Waals surface area contributed by atoms with Crippen molar-refractivity contribution in [3.05, 3.63) is 72.9 Å². The van der Waals surface area contributed by atoms with Gasteiger partial charge in [-0.3, -0.25) is 14.4 Å². The van der Waals surface area contributed by atoms with Crippen LogP contribution in [0.3, 0.4) is 0 Å². The van der Waals surface area contributed by atoms with Gasteiger partial charge in [0.15, 0.2) is 6.10 Å². The Kier molecular flexibility index (Phi) is 68.6. The van der Waals surface area contributed by atoms with Gasteiger partial charge >= 0.3 is 17.9 Å². The first-order valence-electron chi connectivity index (χ1n) is 36.4. The summed E-state index contributed by atoms with van der Waals surface area (Å²) in [6.45, 7) is 6.58. The fraction of sp³-hybridized carbons (Fsp3) is 0.805. The summed E-state index contributed by atoms with van der Waals surface area (Å²) in [4.78, 5) is 38.4. The number of ether oxygens (including phenoxy) is 3. The third-order valence-corrected chi connectivity index (χ3v) is 16.2. The second-order valence-electron chi connectivity index (χ2n) is 24.5. The molecular weight excluding hydrogens is 1020 g/mol. The van der Waals surface area contributed by atoms with Crippen LogP contribution in [0, 0.1) is 0 Å². The van der Waals surface area contributed by atoms with Crippen LogP contribution in [-0.2, 0) is 28.6 Å². The van der Waals surface area contributed by atoms with Crippen molar-refractivity contribution in [2.75, 3.05) is 13.2 Å². The number of hydrogen-bond acceptors (Lipinski definition) is 6. The van der Waals surface area contributed by atoms with E-state index in [9.17, 15) is 14.4 Å². The van der Waals surface area contributed by atoms with Crippen molar-refractivity contribution in [2.45, 2.75) is 386 Å². The smallest absolute Gasteiger partial charge is 0.306 e. The molecule has 6 nitrogen and oxygen atoms in total. The maximum atomic E-state index is 13.0. The molecule has 0 heterocycles. The Bertz CT molecular complexity index is 1520. The Balaban J connectivity index is 4.24. The van der Waals surface area contributed by atoms with Crippen molar-refractivity contribution in [3.8, 4) is 0 Å². The Morgan fingerprint density at radius 1 is 0.253 bits per heavy atom. The van der Waals surface area contributed by atoms with Gasteiger partial charge in [0, 0.05) is 19.3 Å². The Morgan fingerprint density at radius 2 is 0.470 bits per heavy atom. The van der Waals surface area contributed by atoms with Crippen molar-refractivity contribution in [1.82, 2.24) is 0 Å². The first-order chi connectivity index (χ1) is 41.0. The third-order valence-electron chi connectivity index (χ3n) is 16.2. The van der Waals surface area contributed by atoms with E-state index in [0.717, 1.165) is 103 Å². The molecule has 0 rings (SSSR count). The molecule has 0 spiro atoms. The second kappa shape index (κ2) is 71.3. The molecule has 0 saturated heterocycles. The van der Waals surface area contributed by atoms with Gasteiger partial charge in [-0.25, -0.2) is 0 Å². The van der Waals surface area contributed by atoms with Gasteiger partial charge in [-0.1, -0.05) is 363 Å². The van der Waals surface area contributed by atoms with Crippen LogP contribution < -0.4 is 0 Å². The molecule has 0 aliphatic rings. The number of rotatable bonds is 67. The molecule has 0 radical (unpaired) electrons. The van der Waals surface area contributed by atoms with Crippen LogP contribution in [0.2, 0.25) is 0 Å². The molecule has 0 amide bonds. The highest BCUT2D eigenvalue weighted by Gasteiger charge is 2.19. The lowest BCUT2D eigenvalue weighted by molar-refractivity contribution is -0.167. The molecule has 0 bridgehead atoms. The van der Waals surface area contributed by atoms with Gasteiger partial charge in [-0.05, 0) is 70.6 Å². The molecule has 0 aromatic carbocycles. The molecule has 6 heteroatoms. The van der Waals surface area contributed by atoms with E-state index in [1.165, 1.54) is 238 Å². The normalized spacial score (nSPS) is 12.5. The summed E-state index contributed by atoms with van der Waals surface area (Å²) in [7, 11) is 0. The van der Waals surface area contributed by atoms with E-state index in [1.54, 1.807) is 0 Å². The van der Waals surface area contributed by atoms with Gasteiger partial charge in [0.1, 0.15) is 13.2 Å². The summed E-state index contributed by atoms with van der Waals surface area (Å²) in [5.41, 5.74) is 0. The zero-order valence-corrected chi connectivity index (χ0v) is 55.5. The number of unbranched alkanes of at least 4 members (excludes halogenated alkanes) is 44. The molecule has 0 aromatic rings. The zero-order valence-electron chi connectivity index (χ0n) is 55.5. The van der Waals surface area contributed by atoms with Crippen LogP contribution in [-0.4, -0.2) is 37.2 Å². The summed E-state index contributed by atoms with van der Waals surface area (Å²) >= 11 is 0. The number of carbonyl (C=O) groups excluding carboxylic acids is 3. The highest BCUT2D eigenvalue weighted by atomic mass is 16.6. The molecule has 1 atom stereocenters. The standard InChI is InChI=1S/C77H138O6/c1-4-7-10-13-16-19-22-25-27-29-31-33-35-37-39-41-42-44-46-48-50-52-55-58-61-64-67-70-76(79)82-73-74(72-81-75(78)69-66-63-60-57-54-24-21-18-15-12-9-6-3)83-77(80)71-68-65-62-59-56-53-51-49-47-45-43-40-38-36-34-32-30-28-26-23-20-17-14-11-8-5-2/h7,10,16,19,25,27,31,33,37,39,42,44,74H,4-6,8-9,11-15,17-18,20-24,26,28-30,32,34-36,38,40-41,43,45-73H2,1-3H3/b10-7-,19-16-,27-25-,33-31-,39-37-,44-42-. The van der Waals surface area contributed by atoms with E-state index in [-0.39, 0.29) is 31.1 Å². The van der Waals surface area contributed by atoms with Crippen molar-refractivity contribution >= 4 is 17.9 Å². The summed E-state index contributed by atoms with van der Waals surface area (Å²) in [6, 6.07) is 0. The lowest BCUT2D eigenvalue weighted by Crippen LogP contribution is -2.30. The highest BCUT2D eigenvalue weighted by Crippen LogP contribution is 2.19. The van der Waals surface area contributed by atoms with E-state index >= 15 is 0 Å². The fourth-order valence-corrected chi connectivity index (χ4v) is 10.8. The first-order valence-corrected chi connectivity index (χ1v) is 36.4. The minimum Gasteiger partial charge on any atom is -0.462 e. The summed E-state index contributed by atoms with van der Waals surface area (Å²) in [5, 5.41) is 0. The average molecular weight is 1160 g/mol. The summed E-state index contributed by atoms with van der Waals surface area (Å²) in [6.07, 6.45) is 93.7. The molecule has 0 N–H and O–H groups in total. The molecule has 0 aliphatic carbocycles. The van der Waals surface area contributed by atoms with E-state index < -0.39 is 6.10 Å². The number of hydrogen-bond donors (Lipinski definition) is 0. The molecule has 0 fully saturated rings. The predicted octanol–water partition coefficient (Wildman–Crippen LogP) is 25.2. The molecule has 482 valence electrons. The zero-order chi connectivity index (χ0) is 59.9. The molecule has 0 aliphatic heterocycles. The van der Waals surface area contributed by atoms with Crippen LogP contribution in [0.15, 0.2) is 72.9 Å². The van der Waals surface area contributed by atoms with E-state index in [4.69, 9.17) is 14.2 Å². The van der Waals surface area contributed by atoms with Gasteiger partial charge < -0.3 is 14.2 Å². The Morgan fingerprint density at radius 3 is 0.735 bits per heavy atom.